The molecule has 0 heterocycles. The fraction of sp³-hybridized carbons (Fsp3) is 0.176. The molecule has 0 saturated heterocycles. The molecule has 0 aromatic heterocycles. The third-order valence-corrected chi connectivity index (χ3v) is 3.17. The van der Waals surface area contributed by atoms with Gasteiger partial charge in [-0.3, -0.25) is 20.3 Å². The Morgan fingerprint density at radius 1 is 1.28 bits per heavy atom. The van der Waals surface area contributed by atoms with Crippen molar-refractivity contribution < 1.29 is 19.6 Å². The van der Waals surface area contributed by atoms with Crippen molar-refractivity contribution in [2.24, 2.45) is 5.10 Å². The van der Waals surface area contributed by atoms with Crippen LogP contribution in [0.3, 0.4) is 0 Å². The van der Waals surface area contributed by atoms with Gasteiger partial charge in [0.1, 0.15) is 5.75 Å². The van der Waals surface area contributed by atoms with Crippen molar-refractivity contribution in [2.75, 3.05) is 12.0 Å². The lowest BCUT2D eigenvalue weighted by atomic mass is 10.2. The highest BCUT2D eigenvalue weighted by molar-refractivity contribution is 5.86. The molecule has 0 bridgehead atoms. The minimum atomic E-state index is -0.896. The molecule has 8 heteroatoms. The molecule has 2 rings (SSSR count). The molecule has 2 aromatic rings. The standard InChI is InChI=1S/C17H17N3O5/c21-17(22)7-4-10-25-15-8-9-16(20(23)24)13(11-15)12-18-19-14-5-2-1-3-6-14/h1-3,5-6,8-9,11-12,19H,4,7,10H2,(H,21,22). The summed E-state index contributed by atoms with van der Waals surface area (Å²) in [6.07, 6.45) is 1.70. The highest BCUT2D eigenvalue weighted by Crippen LogP contribution is 2.23. The molecule has 130 valence electrons. The molecule has 0 radical (unpaired) electrons. The lowest BCUT2D eigenvalue weighted by molar-refractivity contribution is -0.385. The second kappa shape index (κ2) is 9.02. The minimum absolute atomic E-state index is 0.00227. The fourth-order valence-corrected chi connectivity index (χ4v) is 1.99. The van der Waals surface area contributed by atoms with E-state index in [9.17, 15) is 14.9 Å². The molecular weight excluding hydrogens is 326 g/mol. The number of nitro benzene ring substituents is 1. The topological polar surface area (TPSA) is 114 Å². The summed E-state index contributed by atoms with van der Waals surface area (Å²) in [5.41, 5.74) is 3.72. The van der Waals surface area contributed by atoms with Crippen LogP contribution in [0.25, 0.3) is 0 Å². The number of hydrazone groups is 1. The first kappa shape index (κ1) is 17.9. The first-order chi connectivity index (χ1) is 12.1. The smallest absolute Gasteiger partial charge is 0.303 e. The highest BCUT2D eigenvalue weighted by Gasteiger charge is 2.13. The van der Waals surface area contributed by atoms with Crippen LogP contribution < -0.4 is 10.2 Å². The predicted octanol–water partition coefficient (Wildman–Crippen LogP) is 3.28. The second-order valence-electron chi connectivity index (χ2n) is 5.06. The van der Waals surface area contributed by atoms with Gasteiger partial charge in [0.15, 0.2) is 0 Å². The average molecular weight is 343 g/mol. The molecule has 2 N–H and O–H groups in total. The molecular formula is C17H17N3O5. The van der Waals surface area contributed by atoms with Crippen molar-refractivity contribution in [3.63, 3.8) is 0 Å². The Balaban J connectivity index is 2.06. The average Bonchev–Trinajstić information content (AvgIpc) is 2.59. The Bertz CT molecular complexity index is 762. The van der Waals surface area contributed by atoms with Crippen molar-refractivity contribution in [1.29, 1.82) is 0 Å². The number of nitro groups is 1. The number of nitrogens with zero attached hydrogens (tertiary/aromatic N) is 2. The van der Waals surface area contributed by atoms with Gasteiger partial charge in [-0.1, -0.05) is 18.2 Å². The predicted molar refractivity (Wildman–Crippen MR) is 93.1 cm³/mol. The first-order valence-electron chi connectivity index (χ1n) is 7.53. The van der Waals surface area contributed by atoms with Crippen LogP contribution in [0.15, 0.2) is 53.6 Å². The van der Waals surface area contributed by atoms with Gasteiger partial charge in [-0.05, 0) is 30.7 Å². The largest absolute Gasteiger partial charge is 0.494 e. The number of para-hydroxylation sites is 1. The van der Waals surface area contributed by atoms with E-state index in [4.69, 9.17) is 9.84 Å². The number of nitrogens with one attached hydrogen (secondary N) is 1. The van der Waals surface area contributed by atoms with Gasteiger partial charge in [0.05, 0.1) is 29.0 Å². The summed E-state index contributed by atoms with van der Waals surface area (Å²) in [7, 11) is 0. The molecule has 0 spiro atoms. The number of carboxylic acids is 1. The molecule has 8 nitrogen and oxygen atoms in total. The number of ether oxygens (including phenoxy) is 1. The summed E-state index contributed by atoms with van der Waals surface area (Å²) in [6, 6.07) is 13.5. The van der Waals surface area contributed by atoms with E-state index in [1.807, 2.05) is 30.3 Å². The van der Waals surface area contributed by atoms with E-state index in [1.165, 1.54) is 24.4 Å². The maximum absolute atomic E-state index is 11.1. The third kappa shape index (κ3) is 5.94. The van der Waals surface area contributed by atoms with Crippen LogP contribution in [0.2, 0.25) is 0 Å². The van der Waals surface area contributed by atoms with Crippen molar-refractivity contribution >= 4 is 23.6 Å². The van der Waals surface area contributed by atoms with Crippen LogP contribution in [0.4, 0.5) is 11.4 Å². The van der Waals surface area contributed by atoms with Gasteiger partial charge < -0.3 is 9.84 Å². The number of benzene rings is 2. The monoisotopic (exact) mass is 343 g/mol. The normalized spacial score (nSPS) is 10.6. The fourth-order valence-electron chi connectivity index (χ4n) is 1.99. The SMILES string of the molecule is O=C(O)CCCOc1ccc([N+](=O)[O-])c(C=NNc2ccccc2)c1. The number of hydrogen-bond acceptors (Lipinski definition) is 6. The van der Waals surface area contributed by atoms with Gasteiger partial charge >= 0.3 is 5.97 Å². The maximum Gasteiger partial charge on any atom is 0.303 e. The molecule has 0 saturated carbocycles. The van der Waals surface area contributed by atoms with E-state index in [-0.39, 0.29) is 24.3 Å². The van der Waals surface area contributed by atoms with E-state index in [0.717, 1.165) is 5.69 Å². The van der Waals surface area contributed by atoms with E-state index >= 15 is 0 Å². The summed E-state index contributed by atoms with van der Waals surface area (Å²) in [4.78, 5) is 21.1. The second-order valence-corrected chi connectivity index (χ2v) is 5.06. The summed E-state index contributed by atoms with van der Waals surface area (Å²) >= 11 is 0. The van der Waals surface area contributed by atoms with E-state index in [2.05, 4.69) is 10.5 Å². The lowest BCUT2D eigenvalue weighted by Gasteiger charge is -2.06. The molecule has 25 heavy (non-hydrogen) atoms. The van der Waals surface area contributed by atoms with E-state index < -0.39 is 10.9 Å². The molecule has 0 amide bonds. The Hall–Kier alpha value is -3.42. The molecule has 0 atom stereocenters. The molecule has 0 unspecified atom stereocenters. The molecule has 2 aromatic carbocycles. The quantitative estimate of drug-likeness (QED) is 0.312. The Morgan fingerprint density at radius 3 is 2.72 bits per heavy atom. The molecule has 0 fully saturated rings. The summed E-state index contributed by atoms with van der Waals surface area (Å²) in [6.45, 7) is 0.211. The van der Waals surface area contributed by atoms with Gasteiger partial charge in [0, 0.05) is 12.5 Å². The van der Waals surface area contributed by atoms with Gasteiger partial charge in [0.2, 0.25) is 0 Å². The highest BCUT2D eigenvalue weighted by atomic mass is 16.6. The number of carbonyl (C=O) groups is 1. The van der Waals surface area contributed by atoms with Crippen LogP contribution in [0, 0.1) is 10.1 Å². The third-order valence-electron chi connectivity index (χ3n) is 3.17. The Labute approximate surface area is 143 Å². The van der Waals surface area contributed by atoms with Crippen LogP contribution in [0.1, 0.15) is 18.4 Å². The molecule has 0 aliphatic carbocycles. The van der Waals surface area contributed by atoms with Crippen molar-refractivity contribution in [3.05, 3.63) is 64.2 Å². The van der Waals surface area contributed by atoms with Gasteiger partial charge in [-0.25, -0.2) is 0 Å². The van der Waals surface area contributed by atoms with Crippen LogP contribution >= 0.6 is 0 Å². The van der Waals surface area contributed by atoms with E-state index in [1.54, 1.807) is 0 Å². The molecule has 0 aliphatic rings. The lowest BCUT2D eigenvalue weighted by Crippen LogP contribution is -2.03. The van der Waals surface area contributed by atoms with E-state index in [0.29, 0.717) is 12.2 Å². The summed E-state index contributed by atoms with van der Waals surface area (Å²) in [5.74, 6) is -0.482. The Morgan fingerprint density at radius 2 is 2.04 bits per heavy atom. The first-order valence-corrected chi connectivity index (χ1v) is 7.53. The van der Waals surface area contributed by atoms with Crippen molar-refractivity contribution in [1.82, 2.24) is 0 Å². The minimum Gasteiger partial charge on any atom is -0.494 e. The summed E-state index contributed by atoms with van der Waals surface area (Å²) in [5, 5.41) is 23.7. The van der Waals surface area contributed by atoms with Gasteiger partial charge in [-0.2, -0.15) is 5.10 Å². The zero-order chi connectivity index (χ0) is 18.1. The maximum atomic E-state index is 11.1. The van der Waals surface area contributed by atoms with Gasteiger partial charge in [-0.15, -0.1) is 0 Å². The van der Waals surface area contributed by atoms with Crippen LogP contribution in [-0.4, -0.2) is 28.8 Å². The number of rotatable bonds is 9. The zero-order valence-corrected chi connectivity index (χ0v) is 13.3. The van der Waals surface area contributed by atoms with Gasteiger partial charge in [0.25, 0.3) is 5.69 Å². The van der Waals surface area contributed by atoms with Crippen molar-refractivity contribution in [2.45, 2.75) is 12.8 Å². The number of hydrogen-bond donors (Lipinski definition) is 2. The number of aliphatic carboxylic acids is 1. The van der Waals surface area contributed by atoms with Crippen LogP contribution in [-0.2, 0) is 4.79 Å². The molecule has 0 aliphatic heterocycles. The van der Waals surface area contributed by atoms with Crippen molar-refractivity contribution in [3.8, 4) is 5.75 Å². The zero-order valence-electron chi connectivity index (χ0n) is 13.3. The number of anilines is 1. The van der Waals surface area contributed by atoms with Crippen LogP contribution in [0.5, 0.6) is 5.75 Å². The summed E-state index contributed by atoms with van der Waals surface area (Å²) < 4.78 is 5.43. The Kier molecular flexibility index (Phi) is 6.47. The number of carboxylic acid groups (broad SMARTS) is 1.